The highest BCUT2D eigenvalue weighted by Gasteiger charge is 2.32. The summed E-state index contributed by atoms with van der Waals surface area (Å²) in [6.45, 7) is 1.62. The van der Waals surface area contributed by atoms with E-state index >= 15 is 0 Å². The van der Waals surface area contributed by atoms with Gasteiger partial charge in [-0.3, -0.25) is 9.59 Å². The molecule has 0 radical (unpaired) electrons. The number of methoxy groups -OCH3 is 1. The molecule has 1 fully saturated rings. The fourth-order valence-electron chi connectivity index (χ4n) is 4.08. The Morgan fingerprint density at radius 1 is 1.29 bits per heavy atom. The molecule has 4 rings (SSSR count). The van der Waals surface area contributed by atoms with Crippen LogP contribution >= 0.6 is 11.3 Å². The number of fused-ring (bicyclic) bond motifs is 1. The summed E-state index contributed by atoms with van der Waals surface area (Å²) in [7, 11) is 1.61. The number of benzene rings is 1. The molecule has 2 amide bonds. The second kappa shape index (κ2) is 9.45. The zero-order valence-corrected chi connectivity index (χ0v) is 18.3. The molecular weight excluding hydrogens is 412 g/mol. The fraction of sp³-hybridized carbons (Fsp3) is 0.348. The Kier molecular flexibility index (Phi) is 6.48. The summed E-state index contributed by atoms with van der Waals surface area (Å²) in [6.07, 6.45) is 4.02. The van der Waals surface area contributed by atoms with E-state index in [2.05, 4.69) is 16.4 Å². The zero-order chi connectivity index (χ0) is 21.8. The monoisotopic (exact) mass is 438 g/mol. The smallest absolute Gasteiger partial charge is 0.261 e. The van der Waals surface area contributed by atoms with Gasteiger partial charge in [0, 0.05) is 37.1 Å². The van der Waals surface area contributed by atoms with E-state index < -0.39 is 0 Å². The third-order valence-corrected chi connectivity index (χ3v) is 6.82. The molecule has 1 atom stereocenters. The highest BCUT2D eigenvalue weighted by atomic mass is 32.1. The van der Waals surface area contributed by atoms with Crippen LogP contribution in [-0.2, 0) is 11.2 Å². The van der Waals surface area contributed by atoms with E-state index in [-0.39, 0.29) is 17.9 Å². The minimum absolute atomic E-state index is 0.0357. The largest absolute Gasteiger partial charge is 0.384 e. The number of ether oxygens (including phenoxy) is 1. The normalized spacial score (nSPS) is 16.0. The number of anilines is 1. The molecule has 1 aromatic carbocycles. The van der Waals surface area contributed by atoms with Gasteiger partial charge in [0.15, 0.2) is 0 Å². The van der Waals surface area contributed by atoms with Gasteiger partial charge in [0.05, 0.1) is 17.0 Å². The number of rotatable bonds is 7. The van der Waals surface area contributed by atoms with Crippen molar-refractivity contribution in [1.29, 1.82) is 0 Å². The van der Waals surface area contributed by atoms with Crippen molar-refractivity contribution in [3.63, 3.8) is 0 Å². The first-order valence-corrected chi connectivity index (χ1v) is 11.2. The lowest BCUT2D eigenvalue weighted by Gasteiger charge is -2.25. The van der Waals surface area contributed by atoms with Crippen molar-refractivity contribution < 1.29 is 14.3 Å². The number of hydrogen-bond donors (Lipinski definition) is 2. The van der Waals surface area contributed by atoms with Crippen molar-refractivity contribution >= 4 is 39.1 Å². The number of nitrogen functional groups attached to an aromatic ring is 1. The number of nitrogens with zero attached hydrogens (tertiary/aromatic N) is 2. The van der Waals surface area contributed by atoms with E-state index in [9.17, 15) is 9.59 Å². The number of carbonyl (C=O) groups excluding carboxylic acids is 2. The summed E-state index contributed by atoms with van der Waals surface area (Å²) in [4.78, 5) is 32.7. The molecule has 0 spiro atoms. The minimum atomic E-state index is -0.0909. The van der Waals surface area contributed by atoms with Gasteiger partial charge in [-0.05, 0) is 48.4 Å². The van der Waals surface area contributed by atoms with Gasteiger partial charge >= 0.3 is 0 Å². The topological polar surface area (TPSA) is 97.5 Å². The Labute approximate surface area is 185 Å². The summed E-state index contributed by atoms with van der Waals surface area (Å²) in [5.41, 5.74) is 7.20. The first-order chi connectivity index (χ1) is 15.1. The Balaban J connectivity index is 1.60. The van der Waals surface area contributed by atoms with Crippen molar-refractivity contribution in [3.05, 3.63) is 58.6 Å². The Hall–Kier alpha value is -2.97. The first-order valence-electron chi connectivity index (χ1n) is 10.4. The van der Waals surface area contributed by atoms with Gasteiger partial charge in [0.25, 0.3) is 11.8 Å². The number of nitrogens with two attached hydrogens (primary N) is 1. The molecule has 3 N–H and O–H groups in total. The van der Waals surface area contributed by atoms with Crippen molar-refractivity contribution in [1.82, 2.24) is 15.2 Å². The van der Waals surface area contributed by atoms with E-state index in [4.69, 9.17) is 10.5 Å². The average molecular weight is 439 g/mol. The molecule has 1 aliphatic heterocycles. The SMILES string of the molecule is COCCNC(=O)c1sc2ccccc2c1C[C@H]1CCCN1C(=O)c1ccc(N)nc1. The highest BCUT2D eigenvalue weighted by Crippen LogP contribution is 2.34. The molecule has 162 valence electrons. The third kappa shape index (κ3) is 4.55. The summed E-state index contributed by atoms with van der Waals surface area (Å²) < 4.78 is 6.12. The van der Waals surface area contributed by atoms with Crippen molar-refractivity contribution in [2.75, 3.05) is 32.5 Å². The van der Waals surface area contributed by atoms with E-state index in [1.54, 1.807) is 19.2 Å². The number of carbonyl (C=O) groups is 2. The molecule has 3 aromatic rings. The predicted octanol–water partition coefficient (Wildman–Crippen LogP) is 3.10. The second-order valence-electron chi connectivity index (χ2n) is 7.63. The molecule has 1 saturated heterocycles. The van der Waals surface area contributed by atoms with Crippen molar-refractivity contribution in [3.8, 4) is 0 Å². The molecule has 0 aliphatic carbocycles. The van der Waals surface area contributed by atoms with Gasteiger partial charge in [0.2, 0.25) is 0 Å². The van der Waals surface area contributed by atoms with E-state index in [1.165, 1.54) is 17.5 Å². The molecule has 7 nitrogen and oxygen atoms in total. The van der Waals surface area contributed by atoms with Crippen molar-refractivity contribution in [2.45, 2.75) is 25.3 Å². The lowest BCUT2D eigenvalue weighted by atomic mass is 10.00. The number of thiophene rings is 1. The maximum Gasteiger partial charge on any atom is 0.261 e. The maximum absolute atomic E-state index is 13.1. The molecule has 2 aromatic heterocycles. The standard InChI is InChI=1S/C23H26N4O3S/c1-30-12-10-25-22(28)21-18(17-6-2-3-7-19(17)31-21)13-16-5-4-11-27(16)23(29)15-8-9-20(24)26-14-15/h2-3,6-9,14,16H,4-5,10-13H2,1H3,(H2,24,26)(H,25,28)/t16-/m1/s1. The van der Waals surface area contributed by atoms with Crippen LogP contribution in [-0.4, -0.2) is 54.5 Å². The molecular formula is C23H26N4O3S. The summed E-state index contributed by atoms with van der Waals surface area (Å²) in [5.74, 6) is 0.260. The zero-order valence-electron chi connectivity index (χ0n) is 17.5. The molecule has 31 heavy (non-hydrogen) atoms. The summed E-state index contributed by atoms with van der Waals surface area (Å²) >= 11 is 1.50. The van der Waals surface area contributed by atoms with Crippen LogP contribution < -0.4 is 11.1 Å². The van der Waals surface area contributed by atoms with Crippen LogP contribution in [0.4, 0.5) is 5.82 Å². The van der Waals surface area contributed by atoms with Crippen LogP contribution in [0.5, 0.6) is 0 Å². The van der Waals surface area contributed by atoms with Gasteiger partial charge in [-0.25, -0.2) is 4.98 Å². The van der Waals surface area contributed by atoms with Crippen LogP contribution in [0.2, 0.25) is 0 Å². The second-order valence-corrected chi connectivity index (χ2v) is 8.68. The summed E-state index contributed by atoms with van der Waals surface area (Å²) in [6, 6.07) is 11.5. The van der Waals surface area contributed by atoms with Crippen molar-refractivity contribution in [2.24, 2.45) is 0 Å². The van der Waals surface area contributed by atoms with Crippen LogP contribution in [0.15, 0.2) is 42.6 Å². The number of aromatic nitrogens is 1. The third-order valence-electron chi connectivity index (χ3n) is 5.61. The Bertz CT molecular complexity index is 1080. The van der Waals surface area contributed by atoms with Gasteiger partial charge in [-0.1, -0.05) is 18.2 Å². The molecule has 1 aliphatic rings. The van der Waals surface area contributed by atoms with Gasteiger partial charge < -0.3 is 20.7 Å². The van der Waals surface area contributed by atoms with Crippen LogP contribution in [0.25, 0.3) is 10.1 Å². The van der Waals surface area contributed by atoms with E-state index in [1.807, 2.05) is 23.1 Å². The van der Waals surface area contributed by atoms with Gasteiger partial charge in [-0.2, -0.15) is 0 Å². The average Bonchev–Trinajstić information content (AvgIpc) is 3.39. The lowest BCUT2D eigenvalue weighted by Crippen LogP contribution is -2.37. The number of nitrogens with one attached hydrogen (secondary N) is 1. The molecule has 8 heteroatoms. The van der Waals surface area contributed by atoms with Gasteiger partial charge in [-0.15, -0.1) is 11.3 Å². The Morgan fingerprint density at radius 3 is 2.90 bits per heavy atom. The quantitative estimate of drug-likeness (QED) is 0.553. The summed E-state index contributed by atoms with van der Waals surface area (Å²) in [5, 5.41) is 4.02. The molecule has 3 heterocycles. The molecule has 0 saturated carbocycles. The number of pyridine rings is 1. The minimum Gasteiger partial charge on any atom is -0.384 e. The number of hydrogen-bond acceptors (Lipinski definition) is 6. The number of likely N-dealkylation sites (tertiary alicyclic amines) is 1. The first kappa shape index (κ1) is 21.3. The molecule has 0 unspecified atom stereocenters. The van der Waals surface area contributed by atoms with E-state index in [0.717, 1.165) is 28.5 Å². The number of amides is 2. The van der Waals surface area contributed by atoms with Crippen LogP contribution in [0.3, 0.4) is 0 Å². The van der Waals surface area contributed by atoms with E-state index in [0.29, 0.717) is 42.4 Å². The van der Waals surface area contributed by atoms with Crippen LogP contribution in [0, 0.1) is 0 Å². The highest BCUT2D eigenvalue weighted by molar-refractivity contribution is 7.21. The van der Waals surface area contributed by atoms with Gasteiger partial charge in [0.1, 0.15) is 5.82 Å². The Morgan fingerprint density at radius 2 is 2.13 bits per heavy atom. The molecule has 0 bridgehead atoms. The maximum atomic E-state index is 13.1. The fourth-order valence-corrected chi connectivity index (χ4v) is 5.23. The predicted molar refractivity (Wildman–Crippen MR) is 122 cm³/mol. The van der Waals surface area contributed by atoms with Crippen LogP contribution in [0.1, 0.15) is 38.4 Å². The lowest BCUT2D eigenvalue weighted by molar-refractivity contribution is 0.0736.